The molecule has 0 heterocycles. The Morgan fingerprint density at radius 2 is 2.07 bits per heavy atom. The first kappa shape index (κ1) is 12.0. The van der Waals surface area contributed by atoms with E-state index in [0.717, 1.165) is 15.9 Å². The molecule has 0 saturated carbocycles. The standard InChI is InChI=1S/C11H15BrClN/c1-11(2,7-14)6-8-5-9(13)3-4-10(8)12/h3-5H,6-7,14H2,1-2H3. The number of hydrogen-bond donors (Lipinski definition) is 1. The van der Waals surface area contributed by atoms with Crippen LogP contribution in [-0.2, 0) is 6.42 Å². The van der Waals surface area contributed by atoms with Crippen LogP contribution in [0.4, 0.5) is 0 Å². The van der Waals surface area contributed by atoms with Crippen molar-refractivity contribution in [1.82, 2.24) is 0 Å². The second-order valence-corrected chi connectivity index (χ2v) is 5.57. The lowest BCUT2D eigenvalue weighted by molar-refractivity contribution is 0.376. The summed E-state index contributed by atoms with van der Waals surface area (Å²) in [7, 11) is 0. The summed E-state index contributed by atoms with van der Waals surface area (Å²) < 4.78 is 1.10. The number of nitrogens with two attached hydrogens (primary N) is 1. The highest BCUT2D eigenvalue weighted by Gasteiger charge is 2.17. The highest BCUT2D eigenvalue weighted by Crippen LogP contribution is 2.28. The van der Waals surface area contributed by atoms with Crippen LogP contribution in [-0.4, -0.2) is 6.54 Å². The summed E-state index contributed by atoms with van der Waals surface area (Å²) in [6.45, 7) is 4.98. The molecule has 0 amide bonds. The van der Waals surface area contributed by atoms with E-state index in [9.17, 15) is 0 Å². The van der Waals surface area contributed by atoms with Crippen molar-refractivity contribution in [3.05, 3.63) is 33.3 Å². The maximum atomic E-state index is 5.94. The molecule has 0 unspecified atom stereocenters. The average Bonchev–Trinajstić information content (AvgIpc) is 2.11. The summed E-state index contributed by atoms with van der Waals surface area (Å²) in [6, 6.07) is 5.85. The predicted molar refractivity (Wildman–Crippen MR) is 65.7 cm³/mol. The van der Waals surface area contributed by atoms with E-state index >= 15 is 0 Å². The van der Waals surface area contributed by atoms with E-state index in [1.54, 1.807) is 0 Å². The predicted octanol–water partition coefficient (Wildman–Crippen LogP) is 3.63. The molecule has 78 valence electrons. The molecule has 3 heteroatoms. The minimum Gasteiger partial charge on any atom is -0.330 e. The van der Waals surface area contributed by atoms with Crippen LogP contribution in [0.5, 0.6) is 0 Å². The number of hydrogen-bond acceptors (Lipinski definition) is 1. The fourth-order valence-corrected chi connectivity index (χ4v) is 1.85. The van der Waals surface area contributed by atoms with Crippen molar-refractivity contribution in [2.45, 2.75) is 20.3 Å². The lowest BCUT2D eigenvalue weighted by Crippen LogP contribution is -2.26. The maximum absolute atomic E-state index is 5.94. The van der Waals surface area contributed by atoms with Crippen molar-refractivity contribution in [1.29, 1.82) is 0 Å². The molecule has 0 spiro atoms. The SMILES string of the molecule is CC(C)(CN)Cc1cc(Cl)ccc1Br. The van der Waals surface area contributed by atoms with E-state index in [2.05, 4.69) is 29.8 Å². The van der Waals surface area contributed by atoms with Crippen molar-refractivity contribution in [3.63, 3.8) is 0 Å². The molecular weight excluding hydrogens is 261 g/mol. The van der Waals surface area contributed by atoms with Gasteiger partial charge in [0.1, 0.15) is 0 Å². The number of benzene rings is 1. The quantitative estimate of drug-likeness (QED) is 0.896. The van der Waals surface area contributed by atoms with Gasteiger partial charge in [0.15, 0.2) is 0 Å². The molecule has 1 nitrogen and oxygen atoms in total. The zero-order valence-corrected chi connectivity index (χ0v) is 10.8. The van der Waals surface area contributed by atoms with Gasteiger partial charge in [0.05, 0.1) is 0 Å². The molecule has 0 saturated heterocycles. The normalized spacial score (nSPS) is 11.8. The van der Waals surface area contributed by atoms with Gasteiger partial charge in [-0.1, -0.05) is 41.4 Å². The van der Waals surface area contributed by atoms with Gasteiger partial charge < -0.3 is 5.73 Å². The van der Waals surface area contributed by atoms with E-state index in [1.807, 2.05) is 18.2 Å². The Labute approximate surface area is 98.8 Å². The molecule has 0 fully saturated rings. The Bertz CT molecular complexity index is 323. The molecule has 1 aromatic carbocycles. The molecule has 0 aliphatic carbocycles. The fourth-order valence-electron chi connectivity index (χ4n) is 1.27. The van der Waals surface area contributed by atoms with E-state index in [1.165, 1.54) is 5.56 Å². The Morgan fingerprint density at radius 3 is 2.64 bits per heavy atom. The van der Waals surface area contributed by atoms with E-state index < -0.39 is 0 Å². The fraction of sp³-hybridized carbons (Fsp3) is 0.455. The first-order valence-electron chi connectivity index (χ1n) is 4.58. The van der Waals surface area contributed by atoms with Crippen LogP contribution < -0.4 is 5.73 Å². The van der Waals surface area contributed by atoms with Gasteiger partial charge in [0.2, 0.25) is 0 Å². The lowest BCUT2D eigenvalue weighted by atomic mass is 9.86. The van der Waals surface area contributed by atoms with Gasteiger partial charge in [0.25, 0.3) is 0 Å². The summed E-state index contributed by atoms with van der Waals surface area (Å²) in [5, 5.41) is 0.774. The molecule has 0 aliphatic rings. The van der Waals surface area contributed by atoms with Crippen LogP contribution in [0.1, 0.15) is 19.4 Å². The Kier molecular flexibility index (Phi) is 3.99. The van der Waals surface area contributed by atoms with Crippen molar-refractivity contribution in [2.24, 2.45) is 11.1 Å². The second-order valence-electron chi connectivity index (χ2n) is 4.28. The highest BCUT2D eigenvalue weighted by atomic mass is 79.9. The van der Waals surface area contributed by atoms with Crippen LogP contribution in [0.3, 0.4) is 0 Å². The topological polar surface area (TPSA) is 26.0 Å². The first-order chi connectivity index (χ1) is 6.44. The largest absolute Gasteiger partial charge is 0.330 e. The maximum Gasteiger partial charge on any atom is 0.0409 e. The molecule has 0 bridgehead atoms. The Hall–Kier alpha value is -0.0500. The Balaban J connectivity index is 2.91. The van der Waals surface area contributed by atoms with Gasteiger partial charge >= 0.3 is 0 Å². The van der Waals surface area contributed by atoms with Crippen LogP contribution in [0.15, 0.2) is 22.7 Å². The average molecular weight is 277 g/mol. The van der Waals surface area contributed by atoms with E-state index in [4.69, 9.17) is 17.3 Å². The van der Waals surface area contributed by atoms with Crippen molar-refractivity contribution in [2.75, 3.05) is 6.54 Å². The molecule has 2 N–H and O–H groups in total. The monoisotopic (exact) mass is 275 g/mol. The number of halogens is 2. The molecule has 0 radical (unpaired) electrons. The third kappa shape index (κ3) is 3.26. The van der Waals surface area contributed by atoms with Gasteiger partial charge in [-0.25, -0.2) is 0 Å². The smallest absolute Gasteiger partial charge is 0.0409 e. The summed E-state index contributed by atoms with van der Waals surface area (Å²) >= 11 is 9.45. The van der Waals surface area contributed by atoms with Gasteiger partial charge in [0, 0.05) is 9.50 Å². The van der Waals surface area contributed by atoms with Crippen molar-refractivity contribution >= 4 is 27.5 Å². The summed E-state index contributed by atoms with van der Waals surface area (Å²) in [4.78, 5) is 0. The lowest BCUT2D eigenvalue weighted by Gasteiger charge is -2.23. The molecule has 1 rings (SSSR count). The van der Waals surface area contributed by atoms with Crippen molar-refractivity contribution in [3.8, 4) is 0 Å². The van der Waals surface area contributed by atoms with E-state index in [-0.39, 0.29) is 5.41 Å². The molecular formula is C11H15BrClN. The molecule has 0 aromatic heterocycles. The van der Waals surface area contributed by atoms with Gasteiger partial charge in [-0.2, -0.15) is 0 Å². The third-order valence-corrected chi connectivity index (χ3v) is 3.24. The summed E-state index contributed by atoms with van der Waals surface area (Å²) in [6.07, 6.45) is 0.935. The zero-order chi connectivity index (χ0) is 10.8. The molecule has 0 atom stereocenters. The highest BCUT2D eigenvalue weighted by molar-refractivity contribution is 9.10. The molecule has 1 aromatic rings. The van der Waals surface area contributed by atoms with Crippen LogP contribution in [0.25, 0.3) is 0 Å². The van der Waals surface area contributed by atoms with Gasteiger partial charge in [-0.3, -0.25) is 0 Å². The third-order valence-electron chi connectivity index (χ3n) is 2.23. The van der Waals surface area contributed by atoms with E-state index in [0.29, 0.717) is 6.54 Å². The summed E-state index contributed by atoms with van der Waals surface area (Å²) in [5.74, 6) is 0. The molecule has 0 aliphatic heterocycles. The molecule has 14 heavy (non-hydrogen) atoms. The van der Waals surface area contributed by atoms with Crippen LogP contribution in [0, 0.1) is 5.41 Å². The van der Waals surface area contributed by atoms with Gasteiger partial charge in [-0.15, -0.1) is 0 Å². The first-order valence-corrected chi connectivity index (χ1v) is 5.76. The Morgan fingerprint density at radius 1 is 1.43 bits per heavy atom. The zero-order valence-electron chi connectivity index (χ0n) is 8.48. The number of rotatable bonds is 3. The van der Waals surface area contributed by atoms with Crippen LogP contribution >= 0.6 is 27.5 Å². The minimum absolute atomic E-state index is 0.118. The summed E-state index contributed by atoms with van der Waals surface area (Å²) in [5.41, 5.74) is 7.03. The second kappa shape index (κ2) is 4.65. The minimum atomic E-state index is 0.118. The van der Waals surface area contributed by atoms with Crippen LogP contribution in [0.2, 0.25) is 5.02 Å². The van der Waals surface area contributed by atoms with Gasteiger partial charge in [-0.05, 0) is 42.1 Å². The van der Waals surface area contributed by atoms with Crippen molar-refractivity contribution < 1.29 is 0 Å².